The number of hydrogen-bond acceptors (Lipinski definition) is 4. The fourth-order valence-corrected chi connectivity index (χ4v) is 1.53. The molecule has 5 nitrogen and oxygen atoms in total. The molecule has 1 N–H and O–H groups in total. The number of halogens is 3. The van der Waals surface area contributed by atoms with Crippen molar-refractivity contribution in [2.24, 2.45) is 0 Å². The van der Waals surface area contributed by atoms with Gasteiger partial charge in [-0.3, -0.25) is 0 Å². The molecule has 0 spiro atoms. The van der Waals surface area contributed by atoms with Crippen LogP contribution in [0.25, 0.3) is 0 Å². The summed E-state index contributed by atoms with van der Waals surface area (Å²) in [4.78, 5) is 11.0. The number of carbonyl (C=O) groups is 1. The lowest BCUT2D eigenvalue weighted by Crippen LogP contribution is -2.09. The molecule has 2 aromatic rings. The van der Waals surface area contributed by atoms with Gasteiger partial charge in [0.25, 0.3) is 0 Å². The Hall–Kier alpha value is -2.64. The largest absolute Gasteiger partial charge is 0.478 e. The van der Waals surface area contributed by atoms with E-state index in [9.17, 15) is 18.0 Å². The predicted octanol–water partition coefficient (Wildman–Crippen LogP) is 3.29. The number of nitrogens with zero attached hydrogens (tertiary/aromatic N) is 2. The molecule has 1 heterocycles. The smallest absolute Gasteiger partial charge is 0.435 e. The number of rotatable bonds is 3. The highest BCUT2D eigenvalue weighted by molar-refractivity contribution is 5.91. The van der Waals surface area contributed by atoms with Crippen molar-refractivity contribution in [1.29, 1.82) is 0 Å². The molecule has 0 fully saturated rings. The number of aryl methyl sites for hydroxylation is 1. The Bertz CT molecular complexity index is 669. The molecule has 0 bridgehead atoms. The van der Waals surface area contributed by atoms with Gasteiger partial charge in [-0.1, -0.05) is 6.07 Å². The van der Waals surface area contributed by atoms with Crippen LogP contribution in [-0.2, 0) is 6.18 Å². The van der Waals surface area contributed by atoms with Crippen LogP contribution in [0.2, 0.25) is 0 Å². The molecule has 8 heteroatoms. The first-order chi connectivity index (χ1) is 9.77. The van der Waals surface area contributed by atoms with E-state index >= 15 is 0 Å². The zero-order chi connectivity index (χ0) is 15.6. The Balaban J connectivity index is 2.30. The number of ether oxygens (including phenoxy) is 1. The third-order valence-corrected chi connectivity index (χ3v) is 2.51. The van der Waals surface area contributed by atoms with E-state index in [0.717, 1.165) is 11.6 Å². The fourth-order valence-electron chi connectivity index (χ4n) is 1.53. The first kappa shape index (κ1) is 14.8. The minimum Gasteiger partial charge on any atom is -0.478 e. The van der Waals surface area contributed by atoms with Gasteiger partial charge >= 0.3 is 12.1 Å². The Morgan fingerprint density at radius 1 is 1.19 bits per heavy atom. The number of carboxylic acids is 1. The molecule has 0 saturated carbocycles. The Labute approximate surface area is 117 Å². The molecular weight excluding hydrogens is 289 g/mol. The van der Waals surface area contributed by atoms with E-state index in [1.54, 1.807) is 13.0 Å². The number of carboxylic acid groups (broad SMARTS) is 1. The van der Waals surface area contributed by atoms with Gasteiger partial charge in [-0.15, -0.1) is 10.2 Å². The van der Waals surface area contributed by atoms with Crippen LogP contribution >= 0.6 is 0 Å². The standard InChI is InChI=1S/C13H9F3N2O3/c1-7-2-3-8(12(19)20)9(6-7)21-11-5-4-10(17-18-11)13(14,15)16/h2-6H,1H3,(H,19,20). The van der Waals surface area contributed by atoms with Crippen LogP contribution < -0.4 is 4.74 Å². The Morgan fingerprint density at radius 2 is 1.90 bits per heavy atom. The Kier molecular flexibility index (Phi) is 3.79. The molecule has 0 amide bonds. The summed E-state index contributed by atoms with van der Waals surface area (Å²) in [6, 6.07) is 6.05. The highest BCUT2D eigenvalue weighted by Crippen LogP contribution is 2.29. The molecule has 0 aliphatic carbocycles. The number of hydrogen-bond donors (Lipinski definition) is 1. The molecule has 0 saturated heterocycles. The molecule has 0 unspecified atom stereocenters. The molecule has 1 aromatic heterocycles. The third kappa shape index (κ3) is 3.47. The van der Waals surface area contributed by atoms with Crippen LogP contribution in [-0.4, -0.2) is 21.3 Å². The normalized spacial score (nSPS) is 11.2. The van der Waals surface area contributed by atoms with Gasteiger partial charge in [0.05, 0.1) is 0 Å². The van der Waals surface area contributed by atoms with Crippen molar-refractivity contribution in [3.05, 3.63) is 47.2 Å². The molecule has 0 aliphatic heterocycles. The summed E-state index contributed by atoms with van der Waals surface area (Å²) in [6.45, 7) is 1.72. The van der Waals surface area contributed by atoms with E-state index in [4.69, 9.17) is 9.84 Å². The fraction of sp³-hybridized carbons (Fsp3) is 0.154. The van der Waals surface area contributed by atoms with Crippen LogP contribution in [0.5, 0.6) is 11.6 Å². The number of alkyl halides is 3. The second-order valence-electron chi connectivity index (χ2n) is 4.16. The lowest BCUT2D eigenvalue weighted by molar-refractivity contribution is -0.141. The van der Waals surface area contributed by atoms with Gasteiger partial charge in [0.1, 0.15) is 11.3 Å². The highest BCUT2D eigenvalue weighted by atomic mass is 19.4. The maximum absolute atomic E-state index is 12.3. The van der Waals surface area contributed by atoms with Crippen LogP contribution in [0, 0.1) is 6.92 Å². The SMILES string of the molecule is Cc1ccc(C(=O)O)c(Oc2ccc(C(F)(F)F)nn2)c1. The summed E-state index contributed by atoms with van der Waals surface area (Å²) in [5, 5.41) is 15.3. The maximum atomic E-state index is 12.3. The van der Waals surface area contributed by atoms with Crippen LogP contribution in [0.1, 0.15) is 21.6 Å². The van der Waals surface area contributed by atoms with Crippen molar-refractivity contribution >= 4 is 5.97 Å². The van der Waals surface area contributed by atoms with Crippen molar-refractivity contribution in [3.63, 3.8) is 0 Å². The highest BCUT2D eigenvalue weighted by Gasteiger charge is 2.33. The molecule has 0 radical (unpaired) electrons. The van der Waals surface area contributed by atoms with Gasteiger partial charge in [0, 0.05) is 6.07 Å². The van der Waals surface area contributed by atoms with E-state index in [1.165, 1.54) is 12.1 Å². The minimum absolute atomic E-state index is 0.0171. The van der Waals surface area contributed by atoms with Crippen LogP contribution in [0.3, 0.4) is 0 Å². The van der Waals surface area contributed by atoms with Gasteiger partial charge in [0.2, 0.25) is 5.88 Å². The lowest BCUT2D eigenvalue weighted by atomic mass is 10.1. The van der Waals surface area contributed by atoms with Crippen molar-refractivity contribution in [3.8, 4) is 11.6 Å². The molecule has 0 atom stereocenters. The second kappa shape index (κ2) is 5.39. The number of benzene rings is 1. The first-order valence-corrected chi connectivity index (χ1v) is 5.70. The molecular formula is C13H9F3N2O3. The van der Waals surface area contributed by atoms with Gasteiger partial charge in [-0.05, 0) is 30.7 Å². The summed E-state index contributed by atoms with van der Waals surface area (Å²) < 4.78 is 42.2. The summed E-state index contributed by atoms with van der Waals surface area (Å²) in [6.07, 6.45) is -4.60. The Morgan fingerprint density at radius 3 is 2.43 bits per heavy atom. The average molecular weight is 298 g/mol. The lowest BCUT2D eigenvalue weighted by Gasteiger charge is -2.09. The molecule has 2 rings (SSSR count). The average Bonchev–Trinajstić information content (AvgIpc) is 2.38. The third-order valence-electron chi connectivity index (χ3n) is 2.51. The maximum Gasteiger partial charge on any atom is 0.435 e. The monoisotopic (exact) mass is 298 g/mol. The van der Waals surface area contributed by atoms with Gasteiger partial charge < -0.3 is 9.84 Å². The quantitative estimate of drug-likeness (QED) is 0.941. The summed E-state index contributed by atoms with van der Waals surface area (Å²) in [7, 11) is 0. The first-order valence-electron chi connectivity index (χ1n) is 5.70. The number of aromatic nitrogens is 2. The minimum atomic E-state index is -4.60. The topological polar surface area (TPSA) is 72.3 Å². The second-order valence-corrected chi connectivity index (χ2v) is 4.16. The molecule has 21 heavy (non-hydrogen) atoms. The van der Waals surface area contributed by atoms with E-state index in [-0.39, 0.29) is 17.2 Å². The van der Waals surface area contributed by atoms with Crippen molar-refractivity contribution < 1.29 is 27.8 Å². The predicted molar refractivity (Wildman–Crippen MR) is 65.2 cm³/mol. The van der Waals surface area contributed by atoms with E-state index < -0.39 is 17.8 Å². The van der Waals surface area contributed by atoms with Gasteiger partial charge in [-0.2, -0.15) is 13.2 Å². The zero-order valence-electron chi connectivity index (χ0n) is 10.7. The number of aromatic carboxylic acids is 1. The van der Waals surface area contributed by atoms with Crippen molar-refractivity contribution in [2.45, 2.75) is 13.1 Å². The summed E-state index contributed by atoms with van der Waals surface area (Å²) in [5.74, 6) is -1.46. The van der Waals surface area contributed by atoms with E-state index in [0.29, 0.717) is 6.07 Å². The zero-order valence-corrected chi connectivity index (χ0v) is 10.7. The molecule has 0 aliphatic rings. The van der Waals surface area contributed by atoms with E-state index in [1.807, 2.05) is 0 Å². The summed E-state index contributed by atoms with van der Waals surface area (Å²) in [5.41, 5.74) is -0.547. The van der Waals surface area contributed by atoms with Crippen molar-refractivity contribution in [1.82, 2.24) is 10.2 Å². The van der Waals surface area contributed by atoms with E-state index in [2.05, 4.69) is 10.2 Å². The van der Waals surface area contributed by atoms with Crippen LogP contribution in [0.4, 0.5) is 13.2 Å². The molecule has 1 aromatic carbocycles. The van der Waals surface area contributed by atoms with Gasteiger partial charge in [-0.25, -0.2) is 4.79 Å². The van der Waals surface area contributed by atoms with Crippen LogP contribution in [0.15, 0.2) is 30.3 Å². The van der Waals surface area contributed by atoms with Gasteiger partial charge in [0.15, 0.2) is 5.69 Å². The van der Waals surface area contributed by atoms with Crippen molar-refractivity contribution in [2.75, 3.05) is 0 Å². The molecule has 110 valence electrons. The summed E-state index contributed by atoms with van der Waals surface area (Å²) >= 11 is 0.